The maximum Gasteiger partial charge on any atom is 0.340 e. The Morgan fingerprint density at radius 1 is 1.41 bits per heavy atom. The van der Waals surface area contributed by atoms with Crippen LogP contribution >= 0.6 is 0 Å². The Labute approximate surface area is 96.3 Å². The van der Waals surface area contributed by atoms with E-state index < -0.39 is 11.5 Å². The number of aromatic amines is 1. The molecule has 17 heavy (non-hydrogen) atoms. The third kappa shape index (κ3) is 1.66. The molecular formula is C12H8N2O3. The lowest BCUT2D eigenvalue weighted by Gasteiger charge is -2.05. The average molecular weight is 228 g/mol. The summed E-state index contributed by atoms with van der Waals surface area (Å²) in [6.45, 7) is 0. The van der Waals surface area contributed by atoms with Gasteiger partial charge < -0.3 is 9.72 Å². The first kappa shape index (κ1) is 10.9. The van der Waals surface area contributed by atoms with Crippen molar-refractivity contribution in [1.29, 1.82) is 5.26 Å². The molecule has 0 aliphatic carbocycles. The number of carbonyl (C=O) groups is 1. The number of fused-ring (bicyclic) bond motifs is 1. The minimum absolute atomic E-state index is 0.00866. The van der Waals surface area contributed by atoms with Crippen molar-refractivity contribution in [2.24, 2.45) is 0 Å². The van der Waals surface area contributed by atoms with Gasteiger partial charge in [-0.2, -0.15) is 5.26 Å². The molecule has 84 valence electrons. The average Bonchev–Trinajstić information content (AvgIpc) is 2.36. The van der Waals surface area contributed by atoms with Crippen LogP contribution in [0.2, 0.25) is 0 Å². The fraction of sp³-hybridized carbons (Fsp3) is 0.0833. The van der Waals surface area contributed by atoms with E-state index in [4.69, 9.17) is 5.26 Å². The molecule has 0 aliphatic rings. The molecule has 2 rings (SSSR count). The number of nitriles is 1. The molecule has 0 saturated carbocycles. The summed E-state index contributed by atoms with van der Waals surface area (Å²) in [6.07, 6.45) is 0. The van der Waals surface area contributed by atoms with Crippen molar-refractivity contribution in [2.45, 2.75) is 0 Å². The molecular weight excluding hydrogens is 220 g/mol. The van der Waals surface area contributed by atoms with Crippen LogP contribution in [0.1, 0.15) is 15.9 Å². The molecule has 0 bridgehead atoms. The summed E-state index contributed by atoms with van der Waals surface area (Å²) < 4.78 is 4.60. The Hall–Kier alpha value is -2.61. The Bertz CT molecular complexity index is 695. The Balaban J connectivity index is 2.98. The number of aromatic nitrogens is 1. The van der Waals surface area contributed by atoms with Crippen LogP contribution in [-0.4, -0.2) is 18.1 Å². The molecule has 0 radical (unpaired) electrons. The highest BCUT2D eigenvalue weighted by Gasteiger charge is 2.19. The number of para-hydroxylation sites is 1. The first-order valence-electron chi connectivity index (χ1n) is 4.82. The zero-order chi connectivity index (χ0) is 12.4. The first-order chi connectivity index (χ1) is 8.19. The predicted octanol–water partition coefficient (Wildman–Crippen LogP) is 1.19. The first-order valence-corrected chi connectivity index (χ1v) is 4.82. The number of H-pyrrole nitrogens is 1. The van der Waals surface area contributed by atoms with Gasteiger partial charge in [0.1, 0.15) is 11.6 Å². The van der Waals surface area contributed by atoms with Crippen molar-refractivity contribution in [3.8, 4) is 6.07 Å². The molecule has 0 atom stereocenters. The van der Waals surface area contributed by atoms with E-state index in [0.717, 1.165) is 0 Å². The molecule has 1 aromatic carbocycles. The Kier molecular flexibility index (Phi) is 2.63. The number of esters is 1. The highest BCUT2D eigenvalue weighted by atomic mass is 16.5. The third-order valence-electron chi connectivity index (χ3n) is 2.42. The number of hydrogen-bond acceptors (Lipinski definition) is 4. The number of carbonyl (C=O) groups excluding carboxylic acids is 1. The molecule has 5 nitrogen and oxygen atoms in total. The number of rotatable bonds is 1. The van der Waals surface area contributed by atoms with E-state index in [9.17, 15) is 9.59 Å². The van der Waals surface area contributed by atoms with Crippen molar-refractivity contribution in [3.63, 3.8) is 0 Å². The lowest BCUT2D eigenvalue weighted by Crippen LogP contribution is -2.17. The predicted molar refractivity (Wildman–Crippen MR) is 60.6 cm³/mol. The largest absolute Gasteiger partial charge is 0.465 e. The van der Waals surface area contributed by atoms with Gasteiger partial charge in [-0.15, -0.1) is 0 Å². The zero-order valence-electron chi connectivity index (χ0n) is 8.98. The van der Waals surface area contributed by atoms with Crippen LogP contribution in [0.15, 0.2) is 29.1 Å². The second-order valence-corrected chi connectivity index (χ2v) is 3.35. The van der Waals surface area contributed by atoms with Gasteiger partial charge in [0.2, 0.25) is 0 Å². The van der Waals surface area contributed by atoms with Crippen LogP contribution < -0.4 is 5.56 Å². The van der Waals surface area contributed by atoms with Gasteiger partial charge in [-0.25, -0.2) is 4.79 Å². The fourth-order valence-corrected chi connectivity index (χ4v) is 1.66. The van der Waals surface area contributed by atoms with E-state index in [0.29, 0.717) is 10.9 Å². The molecule has 0 aliphatic heterocycles. The molecule has 2 aromatic rings. The van der Waals surface area contributed by atoms with E-state index in [1.807, 2.05) is 0 Å². The summed E-state index contributed by atoms with van der Waals surface area (Å²) in [4.78, 5) is 25.8. The monoisotopic (exact) mass is 228 g/mol. The van der Waals surface area contributed by atoms with Crippen LogP contribution in [0.25, 0.3) is 10.9 Å². The van der Waals surface area contributed by atoms with Gasteiger partial charge in [0.15, 0.2) is 0 Å². The summed E-state index contributed by atoms with van der Waals surface area (Å²) in [5.41, 5.74) is -0.312. The molecule has 1 aromatic heterocycles. The minimum atomic E-state index is -0.691. The van der Waals surface area contributed by atoms with E-state index in [1.54, 1.807) is 30.3 Å². The molecule has 0 spiro atoms. The Morgan fingerprint density at radius 2 is 2.12 bits per heavy atom. The number of pyridine rings is 1. The van der Waals surface area contributed by atoms with Gasteiger partial charge in [-0.05, 0) is 6.07 Å². The lowest BCUT2D eigenvalue weighted by molar-refractivity contribution is 0.0602. The number of benzene rings is 1. The number of ether oxygens (including phenoxy) is 1. The number of hydrogen-bond donors (Lipinski definition) is 1. The number of methoxy groups -OCH3 is 1. The van der Waals surface area contributed by atoms with Crippen LogP contribution in [0, 0.1) is 11.3 Å². The highest BCUT2D eigenvalue weighted by molar-refractivity contribution is 6.05. The number of nitrogens with one attached hydrogen (secondary N) is 1. The molecule has 0 saturated heterocycles. The van der Waals surface area contributed by atoms with Gasteiger partial charge in [0, 0.05) is 10.9 Å². The Morgan fingerprint density at radius 3 is 2.76 bits per heavy atom. The normalized spacial score (nSPS) is 9.88. The standard InChI is InChI=1S/C12H8N2O3/c1-17-12(16)10-7-4-2-3-5-9(7)14-11(15)8(10)6-13/h2-5H,1H3,(H,14,15). The van der Waals surface area contributed by atoms with Crippen molar-refractivity contribution in [3.05, 3.63) is 45.7 Å². The minimum Gasteiger partial charge on any atom is -0.465 e. The number of nitrogens with zero attached hydrogens (tertiary/aromatic N) is 1. The van der Waals surface area contributed by atoms with Gasteiger partial charge in [0.05, 0.1) is 12.7 Å². The van der Waals surface area contributed by atoms with E-state index in [-0.39, 0.29) is 11.1 Å². The third-order valence-corrected chi connectivity index (χ3v) is 2.42. The highest BCUT2D eigenvalue weighted by Crippen LogP contribution is 2.18. The van der Waals surface area contributed by atoms with Gasteiger partial charge in [0.25, 0.3) is 5.56 Å². The van der Waals surface area contributed by atoms with Crippen LogP contribution in [0.5, 0.6) is 0 Å². The maximum atomic E-state index is 11.6. The van der Waals surface area contributed by atoms with Crippen molar-refractivity contribution < 1.29 is 9.53 Å². The molecule has 0 unspecified atom stereocenters. The summed E-state index contributed by atoms with van der Waals surface area (Å²) in [5, 5.41) is 9.42. The van der Waals surface area contributed by atoms with Crippen LogP contribution in [0.3, 0.4) is 0 Å². The lowest BCUT2D eigenvalue weighted by atomic mass is 10.0. The summed E-state index contributed by atoms with van der Waals surface area (Å²) >= 11 is 0. The van der Waals surface area contributed by atoms with Crippen molar-refractivity contribution in [2.75, 3.05) is 7.11 Å². The van der Waals surface area contributed by atoms with Gasteiger partial charge >= 0.3 is 5.97 Å². The molecule has 0 fully saturated rings. The second-order valence-electron chi connectivity index (χ2n) is 3.35. The fourth-order valence-electron chi connectivity index (χ4n) is 1.66. The second kappa shape index (κ2) is 4.10. The van der Waals surface area contributed by atoms with Crippen molar-refractivity contribution >= 4 is 16.9 Å². The SMILES string of the molecule is COC(=O)c1c(C#N)c(=O)[nH]c2ccccc12. The van der Waals surface area contributed by atoms with Gasteiger partial charge in [-0.3, -0.25) is 4.79 Å². The quantitative estimate of drug-likeness (QED) is 0.743. The van der Waals surface area contributed by atoms with Crippen molar-refractivity contribution in [1.82, 2.24) is 4.98 Å². The van der Waals surface area contributed by atoms with Gasteiger partial charge in [-0.1, -0.05) is 18.2 Å². The van der Waals surface area contributed by atoms with E-state index >= 15 is 0 Å². The van der Waals surface area contributed by atoms with E-state index in [1.165, 1.54) is 7.11 Å². The van der Waals surface area contributed by atoms with Crippen LogP contribution in [-0.2, 0) is 4.74 Å². The summed E-state index contributed by atoms with van der Waals surface area (Å²) in [7, 11) is 1.21. The molecule has 1 heterocycles. The molecule has 0 amide bonds. The molecule has 1 N–H and O–H groups in total. The maximum absolute atomic E-state index is 11.6. The summed E-state index contributed by atoms with van der Waals surface area (Å²) in [6, 6.07) is 8.48. The van der Waals surface area contributed by atoms with E-state index in [2.05, 4.69) is 9.72 Å². The topological polar surface area (TPSA) is 82.9 Å². The van der Waals surface area contributed by atoms with Crippen LogP contribution in [0.4, 0.5) is 0 Å². The smallest absolute Gasteiger partial charge is 0.340 e. The zero-order valence-corrected chi connectivity index (χ0v) is 8.98. The summed E-state index contributed by atoms with van der Waals surface area (Å²) in [5.74, 6) is -0.691. The molecule has 5 heteroatoms.